The van der Waals surface area contributed by atoms with E-state index in [4.69, 9.17) is 23.7 Å². The zero-order valence-corrected chi connectivity index (χ0v) is 36.2. The molecule has 3 saturated carbocycles. The van der Waals surface area contributed by atoms with E-state index >= 15 is 0 Å². The summed E-state index contributed by atoms with van der Waals surface area (Å²) in [4.78, 5) is 26.9. The number of esters is 1. The summed E-state index contributed by atoms with van der Waals surface area (Å²) in [7, 11) is 0. The van der Waals surface area contributed by atoms with Crippen molar-refractivity contribution in [1.82, 2.24) is 0 Å². The van der Waals surface area contributed by atoms with Gasteiger partial charge in [-0.25, -0.2) is 0 Å². The van der Waals surface area contributed by atoms with Crippen molar-refractivity contribution in [2.75, 3.05) is 6.61 Å². The molecule has 58 heavy (non-hydrogen) atoms. The Balaban J connectivity index is 1.24. The van der Waals surface area contributed by atoms with Crippen LogP contribution in [0.4, 0.5) is 0 Å². The fourth-order valence-electron chi connectivity index (χ4n) is 12.7. The number of carbonyl (C=O) groups excluding carboxylic acids is 2. The first-order valence-corrected chi connectivity index (χ1v) is 21.6. The third-order valence-corrected chi connectivity index (χ3v) is 16.5. The first-order chi connectivity index (χ1) is 26.8. The summed E-state index contributed by atoms with van der Waals surface area (Å²) in [6.45, 7) is 18.8. The fraction of sp³-hybridized carbons (Fsp3) is 0.909. The van der Waals surface area contributed by atoms with E-state index in [1.165, 1.54) is 6.92 Å². The quantitative estimate of drug-likeness (QED) is 0.118. The summed E-state index contributed by atoms with van der Waals surface area (Å²) >= 11 is 0. The molecule has 2 aliphatic heterocycles. The van der Waals surface area contributed by atoms with Gasteiger partial charge < -0.3 is 59.4 Å². The molecular formula is C44H72O14. The van der Waals surface area contributed by atoms with Gasteiger partial charge in [-0.1, -0.05) is 53.2 Å². The number of ether oxygens (including phenoxy) is 5. The Hall–Kier alpha value is -1.56. The maximum atomic E-state index is 14.9. The van der Waals surface area contributed by atoms with Gasteiger partial charge in [0.2, 0.25) is 0 Å². The summed E-state index contributed by atoms with van der Waals surface area (Å²) in [6.07, 6.45) is -7.27. The highest BCUT2D eigenvalue weighted by molar-refractivity contribution is 5.88. The van der Waals surface area contributed by atoms with Crippen LogP contribution in [0.2, 0.25) is 0 Å². The summed E-state index contributed by atoms with van der Waals surface area (Å²) < 4.78 is 30.2. The van der Waals surface area contributed by atoms with Gasteiger partial charge in [0, 0.05) is 24.2 Å². The molecular weight excluding hydrogens is 752 g/mol. The predicted octanol–water partition coefficient (Wildman–Crippen LogP) is 2.93. The number of aliphatic hydroxyl groups is 7. The molecule has 0 spiro atoms. The highest BCUT2D eigenvalue weighted by Gasteiger charge is 2.70. The number of ketones is 1. The minimum absolute atomic E-state index is 0.0142. The number of allylic oxidation sites excluding steroid dienone is 1. The normalized spacial score (nSPS) is 47.6. The van der Waals surface area contributed by atoms with Gasteiger partial charge in [0.1, 0.15) is 42.4 Å². The maximum Gasteiger partial charge on any atom is 0.303 e. The standard InChI is InChI=1S/C44H72O14/c1-21(11-15-29(47)41(6,7)53)24-17-18-42(8)28-14-12-25-26(44(28,10)30(48)19-43(24,42)9)13-16-31(40(25,4)5)57-39-37(35(52)36(22(2)54-39)55-23(3)46)58-38-34(51)33(50)32(49)27(20-45)56-38/h12,21-22,24,26-29,31-39,45,47,49-53H,11,13-20H2,1-10H3. The van der Waals surface area contributed by atoms with E-state index in [1.807, 2.05) is 0 Å². The van der Waals surface area contributed by atoms with Crippen LogP contribution in [-0.2, 0) is 33.3 Å². The van der Waals surface area contributed by atoms with Crippen molar-refractivity contribution in [2.45, 2.75) is 200 Å². The molecule has 0 radical (unpaired) electrons. The lowest BCUT2D eigenvalue weighted by molar-refractivity contribution is -0.372. The molecule has 7 N–H and O–H groups in total. The van der Waals surface area contributed by atoms with Gasteiger partial charge in [0.05, 0.1) is 30.5 Å². The van der Waals surface area contributed by atoms with Gasteiger partial charge in [-0.05, 0) is 100 Å². The number of hydrogen-bond donors (Lipinski definition) is 7. The van der Waals surface area contributed by atoms with E-state index in [9.17, 15) is 45.3 Å². The van der Waals surface area contributed by atoms with E-state index < -0.39 is 103 Å². The highest BCUT2D eigenvalue weighted by Crippen LogP contribution is 2.74. The van der Waals surface area contributed by atoms with Crippen LogP contribution in [0.15, 0.2) is 11.6 Å². The minimum Gasteiger partial charge on any atom is -0.457 e. The first-order valence-electron chi connectivity index (χ1n) is 21.6. The van der Waals surface area contributed by atoms with Crippen molar-refractivity contribution >= 4 is 11.8 Å². The minimum atomic E-state index is -1.76. The van der Waals surface area contributed by atoms with Crippen LogP contribution >= 0.6 is 0 Å². The van der Waals surface area contributed by atoms with Crippen LogP contribution in [0.3, 0.4) is 0 Å². The summed E-state index contributed by atoms with van der Waals surface area (Å²) in [5.74, 6) is 0.369. The summed E-state index contributed by atoms with van der Waals surface area (Å²) in [5, 5.41) is 74.0. The van der Waals surface area contributed by atoms with E-state index in [-0.39, 0.29) is 28.6 Å². The number of hydrogen-bond acceptors (Lipinski definition) is 14. The smallest absolute Gasteiger partial charge is 0.303 e. The second-order valence-electron chi connectivity index (χ2n) is 20.6. The lowest BCUT2D eigenvalue weighted by Crippen LogP contribution is -2.65. The van der Waals surface area contributed by atoms with Gasteiger partial charge in [0.25, 0.3) is 0 Å². The zero-order valence-electron chi connectivity index (χ0n) is 36.2. The average molecular weight is 825 g/mol. The molecule has 19 atom stereocenters. The molecule has 0 aromatic rings. The molecule has 5 fully saturated rings. The molecule has 2 heterocycles. The molecule has 14 heteroatoms. The first kappa shape index (κ1) is 46.0. The van der Waals surface area contributed by atoms with Crippen LogP contribution in [0.1, 0.15) is 121 Å². The van der Waals surface area contributed by atoms with Gasteiger partial charge in [-0.15, -0.1) is 0 Å². The predicted molar refractivity (Wildman–Crippen MR) is 209 cm³/mol. The highest BCUT2D eigenvalue weighted by atomic mass is 16.8. The lowest BCUT2D eigenvalue weighted by Gasteiger charge is -2.65. The number of carbonyl (C=O) groups is 2. The number of fused-ring (bicyclic) bond motifs is 5. The zero-order chi connectivity index (χ0) is 43.1. The van der Waals surface area contributed by atoms with E-state index in [0.29, 0.717) is 37.4 Å². The Morgan fingerprint density at radius 3 is 2.21 bits per heavy atom. The second kappa shape index (κ2) is 16.3. The van der Waals surface area contributed by atoms with Crippen LogP contribution in [-0.4, -0.2) is 133 Å². The van der Waals surface area contributed by atoms with E-state index in [0.717, 1.165) is 31.3 Å². The third kappa shape index (κ3) is 7.56. The Morgan fingerprint density at radius 2 is 1.59 bits per heavy atom. The average Bonchev–Trinajstić information content (AvgIpc) is 3.41. The van der Waals surface area contributed by atoms with Gasteiger partial charge >= 0.3 is 5.97 Å². The van der Waals surface area contributed by atoms with Crippen molar-refractivity contribution in [3.8, 4) is 0 Å². The fourth-order valence-corrected chi connectivity index (χ4v) is 12.7. The molecule has 14 nitrogen and oxygen atoms in total. The molecule has 0 aromatic carbocycles. The topological polar surface area (TPSA) is 222 Å². The van der Waals surface area contributed by atoms with Crippen molar-refractivity contribution in [3.05, 3.63) is 11.6 Å². The molecule has 4 aliphatic carbocycles. The SMILES string of the molecule is CC(=O)OC1C(C)OC(OC2CCC3C(=CCC4C3(C)C(=O)CC3(C)C(C(C)CCC(O)C(C)(C)O)CCC43C)C2(C)C)C(OC2OC(CO)C(O)C(O)C2O)C1O. The molecule has 0 amide bonds. The second-order valence-corrected chi connectivity index (χ2v) is 20.6. The molecule has 6 aliphatic rings. The largest absolute Gasteiger partial charge is 0.457 e. The molecule has 0 aromatic heterocycles. The Bertz CT molecular complexity index is 1540. The monoisotopic (exact) mass is 824 g/mol. The van der Waals surface area contributed by atoms with Crippen LogP contribution in [0.25, 0.3) is 0 Å². The molecule has 332 valence electrons. The van der Waals surface area contributed by atoms with Crippen molar-refractivity contribution in [1.29, 1.82) is 0 Å². The maximum absolute atomic E-state index is 14.9. The lowest BCUT2D eigenvalue weighted by atomic mass is 9.38. The van der Waals surface area contributed by atoms with Crippen LogP contribution in [0.5, 0.6) is 0 Å². The third-order valence-electron chi connectivity index (χ3n) is 16.5. The number of rotatable bonds is 11. The Morgan fingerprint density at radius 1 is 0.914 bits per heavy atom. The summed E-state index contributed by atoms with van der Waals surface area (Å²) in [6, 6.07) is 0. The molecule has 19 unspecified atom stereocenters. The van der Waals surface area contributed by atoms with Gasteiger partial charge in [-0.2, -0.15) is 0 Å². The summed E-state index contributed by atoms with van der Waals surface area (Å²) in [5.41, 5.74) is -1.48. The number of Topliss-reactive ketones (excluding diaryl/α,β-unsaturated/α-hetero) is 1. The van der Waals surface area contributed by atoms with E-state index in [1.54, 1.807) is 20.8 Å². The van der Waals surface area contributed by atoms with Crippen LogP contribution in [0, 0.1) is 45.3 Å². The Labute approximate surface area is 343 Å². The van der Waals surface area contributed by atoms with Crippen molar-refractivity contribution in [2.24, 2.45) is 45.3 Å². The van der Waals surface area contributed by atoms with Crippen molar-refractivity contribution in [3.63, 3.8) is 0 Å². The van der Waals surface area contributed by atoms with Gasteiger partial charge in [-0.3, -0.25) is 9.59 Å². The van der Waals surface area contributed by atoms with Gasteiger partial charge in [0.15, 0.2) is 18.7 Å². The molecule has 2 saturated heterocycles. The number of aliphatic hydroxyl groups excluding tert-OH is 6. The van der Waals surface area contributed by atoms with Crippen LogP contribution < -0.4 is 0 Å². The van der Waals surface area contributed by atoms with E-state index in [2.05, 4.69) is 47.6 Å². The Kier molecular flexibility index (Phi) is 12.9. The van der Waals surface area contributed by atoms with Crippen molar-refractivity contribution < 1.29 is 69.0 Å². The molecule has 6 rings (SSSR count). The molecule has 0 bridgehead atoms.